The van der Waals surface area contributed by atoms with Crippen LogP contribution in [0.5, 0.6) is 0 Å². The average molecular weight is 344 g/mol. The van der Waals surface area contributed by atoms with Crippen molar-refractivity contribution in [2.45, 2.75) is 19.4 Å². The van der Waals surface area contributed by atoms with E-state index in [0.717, 1.165) is 6.26 Å². The molecule has 1 aromatic rings. The minimum atomic E-state index is -3.50. The van der Waals surface area contributed by atoms with Crippen molar-refractivity contribution in [2.24, 2.45) is 0 Å². The molecule has 3 N–H and O–H groups in total. The van der Waals surface area contributed by atoms with Crippen molar-refractivity contribution in [3.05, 3.63) is 29.3 Å². The van der Waals surface area contributed by atoms with Gasteiger partial charge in [-0.1, -0.05) is 6.07 Å². The molecule has 0 fully saturated rings. The molecule has 1 amide bonds. The van der Waals surface area contributed by atoms with Gasteiger partial charge in [0.1, 0.15) is 0 Å². The lowest BCUT2D eigenvalue weighted by Gasteiger charge is -2.25. The highest BCUT2D eigenvalue weighted by molar-refractivity contribution is 7.92. The molecule has 128 valence electrons. The summed E-state index contributed by atoms with van der Waals surface area (Å²) >= 11 is 0. The monoisotopic (exact) mass is 344 g/mol. The average Bonchev–Trinajstić information content (AvgIpc) is 2.39. The lowest BCUT2D eigenvalue weighted by molar-refractivity contribution is -0.145. The summed E-state index contributed by atoms with van der Waals surface area (Å²) < 4.78 is 29.8. The predicted octanol–water partition coefficient (Wildman–Crippen LogP) is 0.586. The van der Waals surface area contributed by atoms with Gasteiger partial charge in [-0.2, -0.15) is 0 Å². The Kier molecular flexibility index (Phi) is 5.73. The number of carboxylic acids is 1. The van der Waals surface area contributed by atoms with Gasteiger partial charge < -0.3 is 15.2 Å². The zero-order valence-corrected chi connectivity index (χ0v) is 14.2. The molecule has 1 atom stereocenters. The number of anilines is 1. The number of methoxy groups -OCH3 is 1. The standard InChI is InChI=1S/C14H20N2O6S/c1-9-5-6-10(7-11(9)16-23(4,20)21)12(17)15-14(2,8-22-3)13(18)19/h5-7,16H,8H2,1-4H3,(H,15,17)(H,18,19). The Bertz CT molecular complexity index is 716. The van der Waals surface area contributed by atoms with Crippen LogP contribution < -0.4 is 10.0 Å². The molecule has 23 heavy (non-hydrogen) atoms. The number of benzene rings is 1. The van der Waals surface area contributed by atoms with Crippen LogP contribution in [0.15, 0.2) is 18.2 Å². The number of hydrogen-bond donors (Lipinski definition) is 3. The number of rotatable bonds is 7. The molecule has 0 radical (unpaired) electrons. The number of aryl methyl sites for hydroxylation is 1. The first-order valence-corrected chi connectivity index (χ1v) is 8.51. The number of hydrogen-bond acceptors (Lipinski definition) is 5. The van der Waals surface area contributed by atoms with E-state index in [2.05, 4.69) is 10.0 Å². The largest absolute Gasteiger partial charge is 0.479 e. The Hall–Kier alpha value is -2.13. The van der Waals surface area contributed by atoms with Crippen molar-refractivity contribution in [3.63, 3.8) is 0 Å². The molecule has 0 spiro atoms. The normalized spacial score (nSPS) is 13.9. The molecule has 0 aromatic heterocycles. The molecule has 1 rings (SSSR count). The summed E-state index contributed by atoms with van der Waals surface area (Å²) in [6.07, 6.45) is 0.999. The Morgan fingerprint density at radius 3 is 2.43 bits per heavy atom. The summed E-state index contributed by atoms with van der Waals surface area (Å²) in [5.41, 5.74) is -0.583. The fraction of sp³-hybridized carbons (Fsp3) is 0.429. The van der Waals surface area contributed by atoms with Crippen LogP contribution in [-0.4, -0.2) is 50.9 Å². The first-order valence-electron chi connectivity index (χ1n) is 6.62. The van der Waals surface area contributed by atoms with Gasteiger partial charge in [-0.3, -0.25) is 9.52 Å². The molecule has 1 unspecified atom stereocenters. The molecule has 0 saturated carbocycles. The molecule has 1 aromatic carbocycles. The maximum atomic E-state index is 12.3. The van der Waals surface area contributed by atoms with Gasteiger partial charge in [0.15, 0.2) is 5.54 Å². The van der Waals surface area contributed by atoms with Crippen LogP contribution in [0.3, 0.4) is 0 Å². The van der Waals surface area contributed by atoms with Crippen LogP contribution in [-0.2, 0) is 19.6 Å². The molecule has 0 aliphatic carbocycles. The van der Waals surface area contributed by atoms with Gasteiger partial charge in [0, 0.05) is 12.7 Å². The van der Waals surface area contributed by atoms with Crippen molar-refractivity contribution in [3.8, 4) is 0 Å². The van der Waals surface area contributed by atoms with Gasteiger partial charge in [-0.05, 0) is 31.5 Å². The van der Waals surface area contributed by atoms with E-state index in [4.69, 9.17) is 4.74 Å². The predicted molar refractivity (Wildman–Crippen MR) is 85.0 cm³/mol. The summed E-state index contributed by atoms with van der Waals surface area (Å²) in [6, 6.07) is 4.39. The number of amides is 1. The highest BCUT2D eigenvalue weighted by Gasteiger charge is 2.35. The van der Waals surface area contributed by atoms with E-state index in [1.54, 1.807) is 13.0 Å². The smallest absolute Gasteiger partial charge is 0.331 e. The van der Waals surface area contributed by atoms with Crippen LogP contribution in [0, 0.1) is 6.92 Å². The number of carbonyl (C=O) groups excluding carboxylic acids is 1. The molecular weight excluding hydrogens is 324 g/mol. The van der Waals surface area contributed by atoms with E-state index in [-0.39, 0.29) is 17.9 Å². The Morgan fingerprint density at radius 1 is 1.35 bits per heavy atom. The van der Waals surface area contributed by atoms with Crippen LogP contribution >= 0.6 is 0 Å². The Labute approximate surface area is 134 Å². The summed E-state index contributed by atoms with van der Waals surface area (Å²) in [5, 5.41) is 11.6. The van der Waals surface area contributed by atoms with E-state index in [0.29, 0.717) is 5.56 Å². The highest BCUT2D eigenvalue weighted by Crippen LogP contribution is 2.19. The van der Waals surface area contributed by atoms with E-state index in [1.807, 2.05) is 0 Å². The molecular formula is C14H20N2O6S. The topological polar surface area (TPSA) is 122 Å². The minimum Gasteiger partial charge on any atom is -0.479 e. The fourth-order valence-electron chi connectivity index (χ4n) is 1.84. The second-order valence-corrected chi connectivity index (χ2v) is 7.18. The summed E-state index contributed by atoms with van der Waals surface area (Å²) in [5.74, 6) is -1.89. The van der Waals surface area contributed by atoms with Crippen molar-refractivity contribution in [2.75, 3.05) is 24.7 Å². The van der Waals surface area contributed by atoms with Gasteiger partial charge in [0.05, 0.1) is 18.6 Å². The fourth-order valence-corrected chi connectivity index (χ4v) is 2.46. The molecule has 0 aliphatic heterocycles. The third kappa shape index (κ3) is 5.22. The molecule has 0 saturated heterocycles. The maximum Gasteiger partial charge on any atom is 0.331 e. The van der Waals surface area contributed by atoms with Gasteiger partial charge in [0.2, 0.25) is 10.0 Å². The van der Waals surface area contributed by atoms with Gasteiger partial charge in [0.25, 0.3) is 5.91 Å². The maximum absolute atomic E-state index is 12.3. The number of sulfonamides is 1. The third-order valence-electron chi connectivity index (χ3n) is 3.09. The molecule has 9 heteroatoms. The van der Waals surface area contributed by atoms with Crippen molar-refractivity contribution < 1.29 is 27.9 Å². The number of nitrogens with one attached hydrogen (secondary N) is 2. The van der Waals surface area contributed by atoms with Crippen LogP contribution in [0.2, 0.25) is 0 Å². The number of ether oxygens (including phenoxy) is 1. The quantitative estimate of drug-likeness (QED) is 0.665. The van der Waals surface area contributed by atoms with E-state index in [1.165, 1.54) is 26.2 Å². The number of carbonyl (C=O) groups is 2. The zero-order valence-electron chi connectivity index (χ0n) is 13.3. The summed E-state index contributed by atoms with van der Waals surface area (Å²) in [7, 11) is -2.17. The molecule has 0 bridgehead atoms. The Balaban J connectivity index is 3.09. The lowest BCUT2D eigenvalue weighted by atomic mass is 10.0. The lowest BCUT2D eigenvalue weighted by Crippen LogP contribution is -2.55. The second kappa shape index (κ2) is 6.97. The zero-order chi connectivity index (χ0) is 17.8. The van der Waals surface area contributed by atoms with Crippen LogP contribution in [0.25, 0.3) is 0 Å². The summed E-state index contributed by atoms with van der Waals surface area (Å²) in [4.78, 5) is 23.6. The van der Waals surface area contributed by atoms with Crippen LogP contribution in [0.4, 0.5) is 5.69 Å². The van der Waals surface area contributed by atoms with E-state index < -0.39 is 27.4 Å². The third-order valence-corrected chi connectivity index (χ3v) is 3.68. The number of aliphatic carboxylic acids is 1. The van der Waals surface area contributed by atoms with Crippen molar-refractivity contribution in [1.29, 1.82) is 0 Å². The second-order valence-electron chi connectivity index (χ2n) is 5.43. The number of carboxylic acid groups (broad SMARTS) is 1. The SMILES string of the molecule is COCC(C)(NC(=O)c1ccc(C)c(NS(C)(=O)=O)c1)C(=O)O. The van der Waals surface area contributed by atoms with Crippen molar-refractivity contribution in [1.82, 2.24) is 5.32 Å². The molecule has 0 aliphatic rings. The van der Waals surface area contributed by atoms with Gasteiger partial charge in [-0.15, -0.1) is 0 Å². The summed E-state index contributed by atoms with van der Waals surface area (Å²) in [6.45, 7) is 2.79. The highest BCUT2D eigenvalue weighted by atomic mass is 32.2. The van der Waals surface area contributed by atoms with Crippen molar-refractivity contribution >= 4 is 27.6 Å². The first kappa shape index (κ1) is 18.9. The van der Waals surface area contributed by atoms with E-state index in [9.17, 15) is 23.1 Å². The first-order chi connectivity index (χ1) is 10.5. The Morgan fingerprint density at radius 2 is 1.96 bits per heavy atom. The minimum absolute atomic E-state index is 0.130. The van der Waals surface area contributed by atoms with Crippen LogP contribution in [0.1, 0.15) is 22.8 Å². The van der Waals surface area contributed by atoms with Gasteiger partial charge >= 0.3 is 5.97 Å². The van der Waals surface area contributed by atoms with E-state index >= 15 is 0 Å². The molecule has 0 heterocycles. The molecule has 8 nitrogen and oxygen atoms in total. The van der Waals surface area contributed by atoms with Gasteiger partial charge in [-0.25, -0.2) is 13.2 Å².